The first kappa shape index (κ1) is 12.6. The summed E-state index contributed by atoms with van der Waals surface area (Å²) in [4.78, 5) is 0. The third-order valence-corrected chi connectivity index (χ3v) is 2.46. The van der Waals surface area contributed by atoms with Gasteiger partial charge in [0, 0.05) is 17.0 Å². The Morgan fingerprint density at radius 3 is 2.42 bits per heavy atom. The Morgan fingerprint density at radius 1 is 1.33 bits per heavy atom. The van der Waals surface area contributed by atoms with Gasteiger partial charge in [0.25, 0.3) is 0 Å². The minimum atomic E-state index is -0.101. The molecule has 1 atom stereocenters. The molecule has 1 unspecified atom stereocenters. The summed E-state index contributed by atoms with van der Waals surface area (Å²) in [6.45, 7) is 0. The molecule has 0 nitrogen and oxygen atoms in total. The second-order valence-electron chi connectivity index (χ2n) is 2.19. The third-order valence-electron chi connectivity index (χ3n) is 1.36. The first-order chi connectivity index (χ1) is 5.76. The molecule has 0 aliphatic heterocycles. The SMILES string of the molecule is ClC=CCC(Cl)C(=CCl)CCCl. The molecule has 0 saturated heterocycles. The van der Waals surface area contributed by atoms with Gasteiger partial charge < -0.3 is 0 Å². The van der Waals surface area contributed by atoms with Gasteiger partial charge in [0.2, 0.25) is 0 Å². The Kier molecular flexibility index (Phi) is 8.69. The van der Waals surface area contributed by atoms with Crippen LogP contribution in [0.2, 0.25) is 0 Å². The van der Waals surface area contributed by atoms with Crippen molar-refractivity contribution in [2.45, 2.75) is 18.2 Å². The molecule has 0 aliphatic carbocycles. The zero-order chi connectivity index (χ0) is 9.40. The van der Waals surface area contributed by atoms with E-state index < -0.39 is 0 Å². The summed E-state index contributed by atoms with van der Waals surface area (Å²) in [6, 6.07) is 0. The van der Waals surface area contributed by atoms with E-state index in [4.69, 9.17) is 46.4 Å². The van der Waals surface area contributed by atoms with Gasteiger partial charge >= 0.3 is 0 Å². The van der Waals surface area contributed by atoms with Crippen molar-refractivity contribution in [2.24, 2.45) is 0 Å². The standard InChI is InChI=1S/C8H10Cl4/c9-4-1-2-8(12)7(6-11)3-5-10/h1,4,6,8H,2-3,5H2. The summed E-state index contributed by atoms with van der Waals surface area (Å²) in [6.07, 6.45) is 3.18. The predicted molar refractivity (Wildman–Crippen MR) is 58.5 cm³/mol. The van der Waals surface area contributed by atoms with Crippen LogP contribution in [-0.4, -0.2) is 11.3 Å². The van der Waals surface area contributed by atoms with Crippen LogP contribution in [-0.2, 0) is 0 Å². The van der Waals surface area contributed by atoms with Crippen LogP contribution in [0.3, 0.4) is 0 Å². The van der Waals surface area contributed by atoms with Crippen molar-refractivity contribution in [1.82, 2.24) is 0 Å². The van der Waals surface area contributed by atoms with Crippen molar-refractivity contribution in [3.8, 4) is 0 Å². The van der Waals surface area contributed by atoms with Gasteiger partial charge in [-0.1, -0.05) is 29.3 Å². The van der Waals surface area contributed by atoms with Crippen molar-refractivity contribution < 1.29 is 0 Å². The lowest BCUT2D eigenvalue weighted by Crippen LogP contribution is -2.01. The normalized spacial score (nSPS) is 15.5. The Bertz CT molecular complexity index is 162. The second-order valence-corrected chi connectivity index (χ2v) is 3.56. The highest BCUT2D eigenvalue weighted by atomic mass is 35.5. The van der Waals surface area contributed by atoms with E-state index in [0.717, 1.165) is 12.0 Å². The zero-order valence-electron chi connectivity index (χ0n) is 6.44. The Hall–Kier alpha value is 0.640. The number of halogens is 4. The molecule has 0 rings (SSSR count). The fourth-order valence-electron chi connectivity index (χ4n) is 0.711. The maximum absolute atomic E-state index is 5.98. The lowest BCUT2D eigenvalue weighted by Gasteiger charge is -2.08. The molecule has 0 saturated carbocycles. The third kappa shape index (κ3) is 5.31. The minimum Gasteiger partial charge on any atom is -0.126 e. The van der Waals surface area contributed by atoms with Crippen molar-refractivity contribution in [3.05, 3.63) is 22.7 Å². The van der Waals surface area contributed by atoms with Crippen molar-refractivity contribution in [1.29, 1.82) is 0 Å². The number of allylic oxidation sites excluding steroid dienone is 2. The number of hydrogen-bond acceptors (Lipinski definition) is 0. The molecule has 0 aromatic heterocycles. The molecule has 4 heteroatoms. The van der Waals surface area contributed by atoms with Crippen LogP contribution in [0.15, 0.2) is 22.7 Å². The van der Waals surface area contributed by atoms with Crippen molar-refractivity contribution >= 4 is 46.4 Å². The van der Waals surface area contributed by atoms with Crippen LogP contribution >= 0.6 is 46.4 Å². The van der Waals surface area contributed by atoms with Gasteiger partial charge in [-0.25, -0.2) is 0 Å². The van der Waals surface area contributed by atoms with Gasteiger partial charge in [-0.3, -0.25) is 0 Å². The van der Waals surface area contributed by atoms with Crippen LogP contribution < -0.4 is 0 Å². The molecule has 0 aromatic carbocycles. The highest BCUT2D eigenvalue weighted by Gasteiger charge is 2.07. The van der Waals surface area contributed by atoms with E-state index in [-0.39, 0.29) is 5.38 Å². The van der Waals surface area contributed by atoms with Gasteiger partial charge in [-0.15, -0.1) is 23.2 Å². The summed E-state index contributed by atoms with van der Waals surface area (Å²) in [5.41, 5.74) is 3.88. The molecular formula is C8H10Cl4. The summed E-state index contributed by atoms with van der Waals surface area (Å²) >= 11 is 22.4. The Balaban J connectivity index is 3.94. The van der Waals surface area contributed by atoms with Crippen molar-refractivity contribution in [2.75, 3.05) is 5.88 Å². The van der Waals surface area contributed by atoms with E-state index in [1.54, 1.807) is 6.08 Å². The largest absolute Gasteiger partial charge is 0.126 e. The molecule has 0 heterocycles. The monoisotopic (exact) mass is 246 g/mol. The molecule has 0 spiro atoms. The number of alkyl halides is 2. The summed E-state index contributed by atoms with van der Waals surface area (Å²) in [5.74, 6) is 0.534. The summed E-state index contributed by atoms with van der Waals surface area (Å²) < 4.78 is 0. The highest BCUT2D eigenvalue weighted by molar-refractivity contribution is 6.28. The molecule has 0 radical (unpaired) electrons. The van der Waals surface area contributed by atoms with Gasteiger partial charge in [-0.2, -0.15) is 0 Å². The lowest BCUT2D eigenvalue weighted by atomic mass is 10.1. The van der Waals surface area contributed by atoms with E-state index in [2.05, 4.69) is 0 Å². The fraction of sp³-hybridized carbons (Fsp3) is 0.500. The zero-order valence-corrected chi connectivity index (χ0v) is 9.47. The average molecular weight is 248 g/mol. The maximum atomic E-state index is 5.98. The highest BCUT2D eigenvalue weighted by Crippen LogP contribution is 2.19. The quantitative estimate of drug-likeness (QED) is 0.629. The van der Waals surface area contributed by atoms with E-state index >= 15 is 0 Å². The van der Waals surface area contributed by atoms with E-state index in [1.165, 1.54) is 11.1 Å². The smallest absolute Gasteiger partial charge is 0.0591 e. The summed E-state index contributed by atoms with van der Waals surface area (Å²) in [5, 5.41) is -0.101. The topological polar surface area (TPSA) is 0 Å². The van der Waals surface area contributed by atoms with Crippen LogP contribution in [0.5, 0.6) is 0 Å². The molecule has 0 bridgehead atoms. The Morgan fingerprint density at radius 2 is 2.00 bits per heavy atom. The van der Waals surface area contributed by atoms with Crippen molar-refractivity contribution in [3.63, 3.8) is 0 Å². The van der Waals surface area contributed by atoms with Crippen LogP contribution in [0.25, 0.3) is 0 Å². The van der Waals surface area contributed by atoms with Gasteiger partial charge in [0.05, 0.1) is 5.38 Å². The van der Waals surface area contributed by atoms with Gasteiger partial charge in [-0.05, 0) is 18.4 Å². The maximum Gasteiger partial charge on any atom is 0.0591 e. The minimum absolute atomic E-state index is 0.101. The van der Waals surface area contributed by atoms with Crippen LogP contribution in [0.4, 0.5) is 0 Å². The molecule has 0 aliphatic rings. The average Bonchev–Trinajstić information content (AvgIpc) is 2.10. The molecule has 0 N–H and O–H groups in total. The Labute approximate surface area is 93.1 Å². The first-order valence-corrected chi connectivity index (χ1v) is 5.35. The van der Waals surface area contributed by atoms with Crippen LogP contribution in [0, 0.1) is 0 Å². The predicted octanol–water partition coefficient (Wildman–Crippen LogP) is 4.49. The molecule has 12 heavy (non-hydrogen) atoms. The van der Waals surface area contributed by atoms with Gasteiger partial charge in [0.1, 0.15) is 0 Å². The van der Waals surface area contributed by atoms with Crippen LogP contribution in [0.1, 0.15) is 12.8 Å². The molecule has 0 fully saturated rings. The molecular weight excluding hydrogens is 238 g/mol. The van der Waals surface area contributed by atoms with E-state index in [9.17, 15) is 0 Å². The first-order valence-electron chi connectivity index (χ1n) is 3.50. The van der Waals surface area contributed by atoms with Gasteiger partial charge in [0.15, 0.2) is 0 Å². The van der Waals surface area contributed by atoms with E-state index in [0.29, 0.717) is 12.3 Å². The number of hydrogen-bond donors (Lipinski definition) is 0. The molecule has 70 valence electrons. The molecule has 0 amide bonds. The number of rotatable bonds is 5. The fourth-order valence-corrected chi connectivity index (χ4v) is 1.63. The second kappa shape index (κ2) is 8.25. The lowest BCUT2D eigenvalue weighted by molar-refractivity contribution is 0.924. The summed E-state index contributed by atoms with van der Waals surface area (Å²) in [7, 11) is 0. The van der Waals surface area contributed by atoms with E-state index in [1.807, 2.05) is 0 Å². The molecule has 0 aromatic rings.